The van der Waals surface area contributed by atoms with E-state index in [1.54, 1.807) is 0 Å². The van der Waals surface area contributed by atoms with E-state index in [1.165, 1.54) is 30.6 Å². The van der Waals surface area contributed by atoms with Gasteiger partial charge in [0.25, 0.3) is 5.91 Å². The van der Waals surface area contributed by atoms with E-state index in [-0.39, 0.29) is 28.3 Å². The van der Waals surface area contributed by atoms with Crippen LogP contribution in [0.3, 0.4) is 0 Å². The van der Waals surface area contributed by atoms with Crippen LogP contribution in [0.4, 0.5) is 23.2 Å². The van der Waals surface area contributed by atoms with E-state index in [9.17, 15) is 32.3 Å². The zero-order valence-electron chi connectivity index (χ0n) is 15.7. The number of fused-ring (bicyclic) bond motifs is 1. The lowest BCUT2D eigenvalue weighted by molar-refractivity contribution is -0.253. The summed E-state index contributed by atoms with van der Waals surface area (Å²) in [6.07, 6.45) is -4.81. The molecule has 1 aliphatic heterocycles. The van der Waals surface area contributed by atoms with Crippen molar-refractivity contribution in [2.45, 2.75) is 17.4 Å². The second-order valence-corrected chi connectivity index (χ2v) is 7.16. The second-order valence-electron chi connectivity index (χ2n) is 6.14. The Morgan fingerprint density at radius 2 is 2.03 bits per heavy atom. The summed E-state index contributed by atoms with van der Waals surface area (Å²) in [7, 11) is 1.15. The minimum absolute atomic E-state index is 0.00672. The Balaban J connectivity index is 1.88. The number of aromatic nitrogens is 1. The Labute approximate surface area is 177 Å². The number of carboxylic acids is 1. The van der Waals surface area contributed by atoms with E-state index < -0.39 is 30.2 Å². The topological polar surface area (TPSA) is 97.8 Å². The summed E-state index contributed by atoms with van der Waals surface area (Å²) in [5, 5.41) is 11.7. The summed E-state index contributed by atoms with van der Waals surface area (Å²) in [6, 6.07) is 3.64. The Kier molecular flexibility index (Phi) is 6.39. The number of carbonyl (C=O) groups excluding carboxylic acids is 1. The van der Waals surface area contributed by atoms with Crippen molar-refractivity contribution in [1.82, 2.24) is 4.98 Å². The monoisotopic (exact) mass is 458 g/mol. The first-order valence-electron chi connectivity index (χ1n) is 8.51. The van der Waals surface area contributed by atoms with Gasteiger partial charge in [0.05, 0.1) is 24.6 Å². The molecule has 1 aromatic carbocycles. The molecule has 1 aliphatic rings. The normalized spacial score (nSPS) is 13.3. The SMILES string of the molecule is COc1cc2c(cc1OC(F)(F)C(F)F)SCC(C(=O)Nc1cnccc1C(=O)O)=C2. The summed E-state index contributed by atoms with van der Waals surface area (Å²) < 4.78 is 60.6. The van der Waals surface area contributed by atoms with Crippen molar-refractivity contribution in [3.05, 3.63) is 47.3 Å². The third-order valence-corrected chi connectivity index (χ3v) is 5.22. The maximum atomic E-state index is 13.3. The van der Waals surface area contributed by atoms with Gasteiger partial charge in [0, 0.05) is 22.4 Å². The third-order valence-electron chi connectivity index (χ3n) is 4.10. The van der Waals surface area contributed by atoms with Crippen molar-refractivity contribution in [3.63, 3.8) is 0 Å². The zero-order chi connectivity index (χ0) is 22.8. The molecule has 1 aromatic heterocycles. The first-order chi connectivity index (χ1) is 14.6. The van der Waals surface area contributed by atoms with Gasteiger partial charge in [0.2, 0.25) is 0 Å². The quantitative estimate of drug-likeness (QED) is 0.602. The number of halogens is 4. The van der Waals surface area contributed by atoms with E-state index in [4.69, 9.17) is 4.74 Å². The van der Waals surface area contributed by atoms with Gasteiger partial charge in [-0.15, -0.1) is 11.8 Å². The smallest absolute Gasteiger partial charge is 0.461 e. The first kappa shape index (κ1) is 22.4. The lowest BCUT2D eigenvalue weighted by atomic mass is 10.1. The molecule has 2 N–H and O–H groups in total. The molecule has 0 saturated carbocycles. The molecular weight excluding hydrogens is 444 g/mol. The van der Waals surface area contributed by atoms with Gasteiger partial charge in [0.1, 0.15) is 0 Å². The molecule has 2 heterocycles. The van der Waals surface area contributed by atoms with Gasteiger partial charge in [-0.1, -0.05) is 0 Å². The predicted molar refractivity (Wildman–Crippen MR) is 103 cm³/mol. The van der Waals surface area contributed by atoms with Gasteiger partial charge >= 0.3 is 18.5 Å². The number of anilines is 1. The van der Waals surface area contributed by atoms with Crippen LogP contribution in [-0.2, 0) is 4.79 Å². The first-order valence-corrected chi connectivity index (χ1v) is 9.50. The van der Waals surface area contributed by atoms with E-state index in [2.05, 4.69) is 15.0 Å². The van der Waals surface area contributed by atoms with Crippen LogP contribution < -0.4 is 14.8 Å². The number of thioether (sulfide) groups is 1. The standard InChI is InChI=1S/C19H14F4N2O5S/c1-29-13-5-9-4-10(16(26)25-12-7-24-3-2-11(12)17(27)28)8-31-15(9)6-14(13)30-19(22,23)18(20)21/h2-7,18H,8H2,1H3,(H,25,26)(H,27,28). The average Bonchev–Trinajstić information content (AvgIpc) is 2.72. The number of hydrogen-bond acceptors (Lipinski definition) is 6. The van der Waals surface area contributed by atoms with Crippen LogP contribution in [0.2, 0.25) is 0 Å². The maximum absolute atomic E-state index is 13.3. The third kappa shape index (κ3) is 4.90. The molecule has 31 heavy (non-hydrogen) atoms. The Bertz CT molecular complexity index is 1060. The molecule has 0 unspecified atom stereocenters. The fourth-order valence-corrected chi connectivity index (χ4v) is 3.62. The molecule has 0 radical (unpaired) electrons. The number of hydrogen-bond donors (Lipinski definition) is 2. The molecule has 164 valence electrons. The van der Waals surface area contributed by atoms with Gasteiger partial charge in [0.15, 0.2) is 11.5 Å². The zero-order valence-corrected chi connectivity index (χ0v) is 16.5. The summed E-state index contributed by atoms with van der Waals surface area (Å²) in [5.41, 5.74) is 0.533. The van der Waals surface area contributed by atoms with Crippen molar-refractivity contribution >= 4 is 35.4 Å². The van der Waals surface area contributed by atoms with Gasteiger partial charge in [-0.3, -0.25) is 9.78 Å². The lowest BCUT2D eigenvalue weighted by Gasteiger charge is -2.22. The molecule has 0 fully saturated rings. The van der Waals surface area contributed by atoms with E-state index in [0.29, 0.717) is 10.5 Å². The fraction of sp³-hybridized carbons (Fsp3) is 0.211. The van der Waals surface area contributed by atoms with Crippen LogP contribution in [0.5, 0.6) is 11.5 Å². The van der Waals surface area contributed by atoms with Crippen molar-refractivity contribution in [2.24, 2.45) is 0 Å². The maximum Gasteiger partial charge on any atom is 0.461 e. The fourth-order valence-electron chi connectivity index (χ4n) is 2.62. The van der Waals surface area contributed by atoms with Crippen LogP contribution >= 0.6 is 11.8 Å². The number of aromatic carboxylic acids is 1. The highest BCUT2D eigenvalue weighted by Crippen LogP contribution is 2.42. The molecule has 7 nitrogen and oxygen atoms in total. The van der Waals surface area contributed by atoms with Crippen LogP contribution in [0, 0.1) is 0 Å². The predicted octanol–water partition coefficient (Wildman–Crippen LogP) is 4.15. The largest absolute Gasteiger partial charge is 0.493 e. The Hall–Kier alpha value is -3.28. The number of carbonyl (C=O) groups is 2. The molecule has 0 saturated heterocycles. The highest BCUT2D eigenvalue weighted by Gasteiger charge is 2.44. The number of benzene rings is 1. The molecule has 12 heteroatoms. The molecule has 0 bridgehead atoms. The Morgan fingerprint density at radius 3 is 2.68 bits per heavy atom. The van der Waals surface area contributed by atoms with Crippen LogP contribution in [0.15, 0.2) is 41.1 Å². The number of carboxylic acid groups (broad SMARTS) is 1. The molecule has 0 aliphatic carbocycles. The van der Waals surface area contributed by atoms with Gasteiger partial charge in [-0.05, 0) is 29.8 Å². The number of ether oxygens (including phenoxy) is 2. The number of nitrogens with zero attached hydrogens (tertiary/aromatic N) is 1. The molecule has 3 rings (SSSR count). The second kappa shape index (κ2) is 8.84. The van der Waals surface area contributed by atoms with Crippen LogP contribution in [-0.4, -0.2) is 47.4 Å². The minimum Gasteiger partial charge on any atom is -0.493 e. The van der Waals surface area contributed by atoms with E-state index >= 15 is 0 Å². The van der Waals surface area contributed by atoms with Gasteiger partial charge < -0.3 is 19.9 Å². The highest BCUT2D eigenvalue weighted by molar-refractivity contribution is 7.99. The van der Waals surface area contributed by atoms with Crippen molar-refractivity contribution in [1.29, 1.82) is 0 Å². The van der Waals surface area contributed by atoms with Gasteiger partial charge in [-0.2, -0.15) is 17.6 Å². The molecule has 0 atom stereocenters. The number of alkyl halides is 4. The minimum atomic E-state index is -4.70. The number of pyridine rings is 1. The Morgan fingerprint density at radius 1 is 1.29 bits per heavy atom. The lowest BCUT2D eigenvalue weighted by Crippen LogP contribution is -2.33. The highest BCUT2D eigenvalue weighted by atomic mass is 32.2. The van der Waals surface area contributed by atoms with E-state index in [1.807, 2.05) is 0 Å². The number of rotatable bonds is 7. The number of methoxy groups -OCH3 is 1. The van der Waals surface area contributed by atoms with Crippen LogP contribution in [0.25, 0.3) is 6.08 Å². The summed E-state index contributed by atoms with van der Waals surface area (Å²) >= 11 is 1.08. The van der Waals surface area contributed by atoms with Crippen molar-refractivity contribution in [3.8, 4) is 11.5 Å². The summed E-state index contributed by atoms with van der Waals surface area (Å²) in [5.74, 6) is -2.51. The van der Waals surface area contributed by atoms with Gasteiger partial charge in [-0.25, -0.2) is 4.79 Å². The van der Waals surface area contributed by atoms with Crippen LogP contribution in [0.1, 0.15) is 15.9 Å². The molecule has 2 aromatic rings. The molecule has 1 amide bonds. The van der Waals surface area contributed by atoms with E-state index in [0.717, 1.165) is 24.9 Å². The average molecular weight is 458 g/mol. The van der Waals surface area contributed by atoms with Crippen molar-refractivity contribution in [2.75, 3.05) is 18.2 Å². The number of amides is 1. The molecule has 0 spiro atoms. The molecular formula is C19H14F4N2O5S. The summed E-state index contributed by atoms with van der Waals surface area (Å²) in [4.78, 5) is 28.0. The number of nitrogens with one attached hydrogen (secondary N) is 1. The van der Waals surface area contributed by atoms with Crippen molar-refractivity contribution < 1.29 is 41.7 Å². The summed E-state index contributed by atoms with van der Waals surface area (Å²) in [6.45, 7) is 0.